The second kappa shape index (κ2) is 9.73. The Kier molecular flexibility index (Phi) is 7.12. The van der Waals surface area contributed by atoms with Gasteiger partial charge in [-0.25, -0.2) is 9.59 Å². The van der Waals surface area contributed by atoms with E-state index in [9.17, 15) is 29.8 Å². The predicted octanol–water partition coefficient (Wildman–Crippen LogP) is 3.63. The lowest BCUT2D eigenvalue weighted by Crippen LogP contribution is -2.05. The van der Waals surface area contributed by atoms with Crippen molar-refractivity contribution >= 4 is 23.3 Å². The zero-order valence-corrected chi connectivity index (χ0v) is 15.6. The third kappa shape index (κ3) is 5.35. The molecule has 10 heteroatoms. The highest BCUT2D eigenvalue weighted by Gasteiger charge is 2.19. The normalized spacial score (nSPS) is 10.0. The van der Waals surface area contributed by atoms with Gasteiger partial charge in [0.2, 0.25) is 0 Å². The van der Waals surface area contributed by atoms with Crippen LogP contribution in [-0.2, 0) is 32.3 Å². The first kappa shape index (κ1) is 22.0. The molecule has 0 atom stereocenters. The van der Waals surface area contributed by atoms with Crippen molar-refractivity contribution in [2.75, 3.05) is 0 Å². The summed E-state index contributed by atoms with van der Waals surface area (Å²) < 4.78 is 10.0. The van der Waals surface area contributed by atoms with Crippen LogP contribution in [0.1, 0.15) is 11.1 Å². The van der Waals surface area contributed by atoms with Gasteiger partial charge < -0.3 is 9.47 Å². The van der Waals surface area contributed by atoms with Crippen LogP contribution in [0.5, 0.6) is 0 Å². The molecule has 2 rings (SSSR count). The maximum absolute atomic E-state index is 11.4. The van der Waals surface area contributed by atoms with Crippen molar-refractivity contribution in [2.24, 2.45) is 0 Å². The molecular weight excluding hydrogens is 396 g/mol. The first-order valence-corrected chi connectivity index (χ1v) is 8.40. The summed E-state index contributed by atoms with van der Waals surface area (Å²) in [6, 6.07) is 7.80. The highest BCUT2D eigenvalue weighted by atomic mass is 16.6. The quantitative estimate of drug-likeness (QED) is 0.263. The molecule has 30 heavy (non-hydrogen) atoms. The standard InChI is InChI=1S/C20H16N2O8/c1-3-19(23)29-11-13-9-15(21(25)26)5-7-17(13)18-8-6-16(22(27)28)10-14(18)12-30-20(24)4-2/h3-10H,1-2,11-12H2. The van der Waals surface area contributed by atoms with Crippen LogP contribution < -0.4 is 0 Å². The van der Waals surface area contributed by atoms with E-state index < -0.39 is 21.8 Å². The van der Waals surface area contributed by atoms with Gasteiger partial charge >= 0.3 is 11.9 Å². The molecule has 0 heterocycles. The van der Waals surface area contributed by atoms with Gasteiger partial charge in [0.15, 0.2) is 0 Å². The molecule has 0 aliphatic carbocycles. The molecule has 10 nitrogen and oxygen atoms in total. The molecule has 0 aliphatic rings. The Balaban J connectivity index is 2.58. The van der Waals surface area contributed by atoms with Gasteiger partial charge in [-0.1, -0.05) is 13.2 Å². The number of rotatable bonds is 9. The van der Waals surface area contributed by atoms with Crippen molar-refractivity contribution in [3.8, 4) is 11.1 Å². The predicted molar refractivity (Wildman–Crippen MR) is 105 cm³/mol. The summed E-state index contributed by atoms with van der Waals surface area (Å²) in [4.78, 5) is 43.9. The Morgan fingerprint density at radius 3 is 1.47 bits per heavy atom. The fraction of sp³-hybridized carbons (Fsp3) is 0.100. The zero-order valence-electron chi connectivity index (χ0n) is 15.6. The second-order valence-corrected chi connectivity index (χ2v) is 5.82. The molecule has 0 radical (unpaired) electrons. The second-order valence-electron chi connectivity index (χ2n) is 5.82. The zero-order chi connectivity index (χ0) is 22.3. The molecule has 154 valence electrons. The van der Waals surface area contributed by atoms with Crippen LogP contribution in [0.25, 0.3) is 11.1 Å². The van der Waals surface area contributed by atoms with Gasteiger partial charge in [0, 0.05) is 47.5 Å². The van der Waals surface area contributed by atoms with Crippen molar-refractivity contribution in [3.63, 3.8) is 0 Å². The van der Waals surface area contributed by atoms with Crippen molar-refractivity contribution in [3.05, 3.63) is 93.1 Å². The Labute approximate surface area is 170 Å². The number of benzene rings is 2. The number of nitro benzene ring substituents is 2. The smallest absolute Gasteiger partial charge is 0.330 e. The number of carbonyl (C=O) groups is 2. The van der Waals surface area contributed by atoms with Gasteiger partial charge in [-0.2, -0.15) is 0 Å². The van der Waals surface area contributed by atoms with Crippen molar-refractivity contribution < 1.29 is 28.9 Å². The molecule has 0 saturated carbocycles. The number of esters is 2. The molecule has 0 aromatic heterocycles. The third-order valence-corrected chi connectivity index (χ3v) is 3.96. The molecular formula is C20H16N2O8. The molecule has 0 amide bonds. The summed E-state index contributed by atoms with van der Waals surface area (Å²) in [6.45, 7) is 5.97. The van der Waals surface area contributed by atoms with Gasteiger partial charge in [0.25, 0.3) is 11.4 Å². The maximum atomic E-state index is 11.4. The van der Waals surface area contributed by atoms with E-state index in [0.29, 0.717) is 11.1 Å². The maximum Gasteiger partial charge on any atom is 0.330 e. The lowest BCUT2D eigenvalue weighted by molar-refractivity contribution is -0.385. The Bertz CT molecular complexity index is 962. The summed E-state index contributed by atoms with van der Waals surface area (Å²) >= 11 is 0. The topological polar surface area (TPSA) is 139 Å². The molecule has 2 aromatic carbocycles. The minimum atomic E-state index is -0.726. The average Bonchev–Trinajstić information content (AvgIpc) is 2.75. The number of nitrogens with zero attached hydrogens (tertiary/aromatic N) is 2. The fourth-order valence-electron chi connectivity index (χ4n) is 2.57. The Hall–Kier alpha value is -4.34. The van der Waals surface area contributed by atoms with Crippen molar-refractivity contribution in [1.29, 1.82) is 0 Å². The number of nitro groups is 2. The van der Waals surface area contributed by atoms with E-state index in [-0.39, 0.29) is 35.7 Å². The monoisotopic (exact) mass is 412 g/mol. The first-order valence-electron chi connectivity index (χ1n) is 8.40. The van der Waals surface area contributed by atoms with E-state index in [2.05, 4.69) is 13.2 Å². The molecule has 0 fully saturated rings. The van der Waals surface area contributed by atoms with Gasteiger partial charge in [-0.3, -0.25) is 20.2 Å². The third-order valence-electron chi connectivity index (χ3n) is 3.96. The van der Waals surface area contributed by atoms with Gasteiger partial charge in [-0.05, 0) is 23.3 Å². The number of hydrogen-bond acceptors (Lipinski definition) is 8. The Morgan fingerprint density at radius 1 is 0.800 bits per heavy atom. The van der Waals surface area contributed by atoms with E-state index >= 15 is 0 Å². The average molecular weight is 412 g/mol. The number of non-ortho nitro benzene ring substituents is 2. The molecule has 0 bridgehead atoms. The minimum absolute atomic E-state index is 0.232. The van der Waals surface area contributed by atoms with Crippen molar-refractivity contribution in [2.45, 2.75) is 13.2 Å². The number of ether oxygens (including phenoxy) is 2. The van der Waals surface area contributed by atoms with E-state index in [1.54, 1.807) is 0 Å². The van der Waals surface area contributed by atoms with E-state index in [1.165, 1.54) is 36.4 Å². The SMILES string of the molecule is C=CC(=O)OCc1cc([N+](=O)[O-])ccc1-c1ccc([N+](=O)[O-])cc1COC(=O)C=C. The van der Waals surface area contributed by atoms with Crippen LogP contribution >= 0.6 is 0 Å². The summed E-state index contributed by atoms with van der Waals surface area (Å²) in [5.74, 6) is -1.45. The van der Waals surface area contributed by atoms with E-state index in [1.807, 2.05) is 0 Å². The van der Waals surface area contributed by atoms with Crippen LogP contribution in [0.2, 0.25) is 0 Å². The largest absolute Gasteiger partial charge is 0.458 e. The Morgan fingerprint density at radius 2 is 1.17 bits per heavy atom. The molecule has 0 aliphatic heterocycles. The van der Waals surface area contributed by atoms with Gasteiger partial charge in [0.05, 0.1) is 9.85 Å². The summed E-state index contributed by atoms with van der Waals surface area (Å²) in [7, 11) is 0. The summed E-state index contributed by atoms with van der Waals surface area (Å²) in [5.41, 5.74) is 0.929. The fourth-order valence-corrected chi connectivity index (χ4v) is 2.57. The van der Waals surface area contributed by atoms with Crippen LogP contribution in [0.4, 0.5) is 11.4 Å². The lowest BCUT2D eigenvalue weighted by atomic mass is 9.95. The van der Waals surface area contributed by atoms with Gasteiger partial charge in [-0.15, -0.1) is 0 Å². The van der Waals surface area contributed by atoms with Crippen molar-refractivity contribution in [1.82, 2.24) is 0 Å². The summed E-state index contributed by atoms with van der Waals surface area (Å²) in [5, 5.41) is 22.3. The van der Waals surface area contributed by atoms with Crippen LogP contribution in [0.3, 0.4) is 0 Å². The first-order chi connectivity index (χ1) is 14.3. The highest BCUT2D eigenvalue weighted by Crippen LogP contribution is 2.33. The molecule has 0 saturated heterocycles. The number of hydrogen-bond donors (Lipinski definition) is 0. The molecule has 0 spiro atoms. The highest BCUT2D eigenvalue weighted by molar-refractivity contribution is 5.82. The van der Waals surface area contributed by atoms with Crippen LogP contribution in [0, 0.1) is 20.2 Å². The van der Waals surface area contributed by atoms with E-state index in [0.717, 1.165) is 12.2 Å². The molecule has 0 N–H and O–H groups in total. The van der Waals surface area contributed by atoms with Crippen LogP contribution in [0.15, 0.2) is 61.7 Å². The van der Waals surface area contributed by atoms with Crippen LogP contribution in [-0.4, -0.2) is 21.8 Å². The van der Waals surface area contributed by atoms with E-state index in [4.69, 9.17) is 9.47 Å². The molecule has 0 unspecified atom stereocenters. The molecule has 2 aromatic rings. The minimum Gasteiger partial charge on any atom is -0.458 e. The lowest BCUT2D eigenvalue weighted by Gasteiger charge is -2.14. The van der Waals surface area contributed by atoms with Gasteiger partial charge in [0.1, 0.15) is 13.2 Å². The number of carbonyl (C=O) groups excluding carboxylic acids is 2. The summed E-state index contributed by atoms with van der Waals surface area (Å²) in [6.07, 6.45) is 1.89.